The van der Waals surface area contributed by atoms with Gasteiger partial charge in [-0.3, -0.25) is 10.1 Å². The third kappa shape index (κ3) is 3.14. The molecule has 0 atom stereocenters. The van der Waals surface area contributed by atoms with Crippen LogP contribution in [0.15, 0.2) is 48.5 Å². The molecular weight excluding hydrogens is 397 g/mol. The van der Waals surface area contributed by atoms with Crippen LogP contribution in [0.4, 0.5) is 5.13 Å². The molecule has 0 fully saturated rings. The Labute approximate surface area is 161 Å². The number of rotatable bonds is 3. The van der Waals surface area contributed by atoms with Crippen molar-refractivity contribution >= 4 is 67.0 Å². The molecule has 0 radical (unpaired) electrons. The molecule has 0 aliphatic heterocycles. The Bertz CT molecular complexity index is 1090. The summed E-state index contributed by atoms with van der Waals surface area (Å²) >= 11 is 15.1. The Morgan fingerprint density at radius 1 is 0.960 bits per heavy atom. The van der Waals surface area contributed by atoms with Crippen LogP contribution >= 0.6 is 45.9 Å². The first-order valence-electron chi connectivity index (χ1n) is 7.20. The Kier molecular flexibility index (Phi) is 4.43. The fourth-order valence-corrected chi connectivity index (χ4v) is 4.80. The molecule has 4 rings (SSSR count). The number of amides is 1. The number of hydrogen-bond acceptors (Lipinski definition) is 5. The fourth-order valence-electron chi connectivity index (χ4n) is 2.33. The summed E-state index contributed by atoms with van der Waals surface area (Å²) in [6.07, 6.45) is 0. The van der Waals surface area contributed by atoms with E-state index < -0.39 is 0 Å². The van der Waals surface area contributed by atoms with E-state index in [9.17, 15) is 4.79 Å². The van der Waals surface area contributed by atoms with E-state index >= 15 is 0 Å². The molecule has 0 spiro atoms. The number of hydrogen-bond donors (Lipinski definition) is 1. The molecule has 4 aromatic rings. The highest BCUT2D eigenvalue weighted by Gasteiger charge is 2.19. The van der Waals surface area contributed by atoms with Gasteiger partial charge in [-0.2, -0.15) is 0 Å². The summed E-state index contributed by atoms with van der Waals surface area (Å²) in [5.74, 6) is -0.298. The SMILES string of the molecule is O=C(Nc1nnc(-c2ccccc2Cl)s1)c1sc2ccccc2c1Cl. The van der Waals surface area contributed by atoms with Gasteiger partial charge >= 0.3 is 0 Å². The summed E-state index contributed by atoms with van der Waals surface area (Å²) in [6.45, 7) is 0. The molecule has 1 amide bonds. The van der Waals surface area contributed by atoms with Gasteiger partial charge in [-0.25, -0.2) is 0 Å². The van der Waals surface area contributed by atoms with Crippen molar-refractivity contribution < 1.29 is 4.79 Å². The molecule has 0 saturated heterocycles. The second kappa shape index (κ2) is 6.72. The average Bonchev–Trinajstić information content (AvgIpc) is 3.20. The minimum absolute atomic E-state index is 0.298. The first kappa shape index (κ1) is 16.5. The highest BCUT2D eigenvalue weighted by atomic mass is 35.5. The van der Waals surface area contributed by atoms with Gasteiger partial charge in [-0.15, -0.1) is 21.5 Å². The molecule has 2 aromatic carbocycles. The molecule has 0 bridgehead atoms. The molecule has 8 heteroatoms. The van der Waals surface area contributed by atoms with Gasteiger partial charge in [-0.05, 0) is 12.1 Å². The van der Waals surface area contributed by atoms with E-state index in [0.29, 0.717) is 25.1 Å². The standard InChI is InChI=1S/C17H9Cl2N3OS2/c18-11-7-3-1-5-9(11)16-21-22-17(25-16)20-15(23)14-13(19)10-6-2-4-8-12(10)24-14/h1-8H,(H,20,22,23). The zero-order valence-corrected chi connectivity index (χ0v) is 15.6. The highest BCUT2D eigenvalue weighted by molar-refractivity contribution is 7.22. The van der Waals surface area contributed by atoms with Crippen molar-refractivity contribution in [1.82, 2.24) is 10.2 Å². The number of nitrogens with one attached hydrogen (secondary N) is 1. The number of carbonyl (C=O) groups excluding carboxylic acids is 1. The lowest BCUT2D eigenvalue weighted by Crippen LogP contribution is -2.10. The molecule has 2 heterocycles. The number of anilines is 1. The van der Waals surface area contributed by atoms with Gasteiger partial charge < -0.3 is 0 Å². The van der Waals surface area contributed by atoms with E-state index in [2.05, 4.69) is 15.5 Å². The van der Waals surface area contributed by atoms with Gasteiger partial charge in [0.05, 0.1) is 10.0 Å². The number of benzene rings is 2. The second-order valence-corrected chi connectivity index (χ2v) is 7.90. The normalized spacial score (nSPS) is 11.0. The molecule has 0 aliphatic carbocycles. The van der Waals surface area contributed by atoms with Gasteiger partial charge in [0.15, 0.2) is 5.01 Å². The largest absolute Gasteiger partial charge is 0.296 e. The Hall–Kier alpha value is -1.99. The van der Waals surface area contributed by atoms with Gasteiger partial charge in [0.1, 0.15) is 4.88 Å². The predicted molar refractivity (Wildman–Crippen MR) is 105 cm³/mol. The van der Waals surface area contributed by atoms with E-state index in [1.165, 1.54) is 22.7 Å². The van der Waals surface area contributed by atoms with E-state index in [1.54, 1.807) is 6.07 Å². The van der Waals surface area contributed by atoms with Crippen LogP contribution < -0.4 is 5.32 Å². The van der Waals surface area contributed by atoms with Crippen molar-refractivity contribution in [2.24, 2.45) is 0 Å². The average molecular weight is 406 g/mol. The van der Waals surface area contributed by atoms with Gasteiger partial charge in [0, 0.05) is 15.6 Å². The lowest BCUT2D eigenvalue weighted by atomic mass is 10.2. The fraction of sp³-hybridized carbons (Fsp3) is 0. The molecular formula is C17H9Cl2N3OS2. The molecule has 4 nitrogen and oxygen atoms in total. The molecule has 0 aliphatic rings. The van der Waals surface area contributed by atoms with Crippen molar-refractivity contribution in [1.29, 1.82) is 0 Å². The smallest absolute Gasteiger partial charge is 0.269 e. The number of carbonyl (C=O) groups is 1. The summed E-state index contributed by atoms with van der Waals surface area (Å²) < 4.78 is 0.965. The van der Waals surface area contributed by atoms with E-state index in [0.717, 1.165) is 15.6 Å². The molecule has 2 aromatic heterocycles. The van der Waals surface area contributed by atoms with Gasteiger partial charge in [0.2, 0.25) is 5.13 Å². The molecule has 25 heavy (non-hydrogen) atoms. The topological polar surface area (TPSA) is 54.9 Å². The van der Waals surface area contributed by atoms with E-state index in [1.807, 2.05) is 42.5 Å². The molecule has 124 valence electrons. The van der Waals surface area contributed by atoms with Crippen molar-refractivity contribution in [2.45, 2.75) is 0 Å². The monoisotopic (exact) mass is 405 g/mol. The van der Waals surface area contributed by atoms with Crippen LogP contribution in [0.2, 0.25) is 10.0 Å². The van der Waals surface area contributed by atoms with Crippen LogP contribution in [0.5, 0.6) is 0 Å². The van der Waals surface area contributed by atoms with Crippen molar-refractivity contribution in [3.05, 3.63) is 63.5 Å². The summed E-state index contributed by atoms with van der Waals surface area (Å²) in [5.41, 5.74) is 0.780. The van der Waals surface area contributed by atoms with Crippen LogP contribution in [-0.2, 0) is 0 Å². The minimum Gasteiger partial charge on any atom is -0.296 e. The molecule has 0 saturated carbocycles. The van der Waals surface area contributed by atoms with Crippen molar-refractivity contribution in [3.8, 4) is 10.6 Å². The van der Waals surface area contributed by atoms with Crippen LogP contribution in [0, 0.1) is 0 Å². The third-order valence-corrected chi connectivity index (χ3v) is 6.37. The number of nitrogens with zero attached hydrogens (tertiary/aromatic N) is 2. The van der Waals surface area contributed by atoms with Crippen LogP contribution in [-0.4, -0.2) is 16.1 Å². The van der Waals surface area contributed by atoms with Gasteiger partial charge in [0.25, 0.3) is 5.91 Å². The Morgan fingerprint density at radius 3 is 2.52 bits per heavy atom. The first-order valence-corrected chi connectivity index (χ1v) is 9.59. The van der Waals surface area contributed by atoms with E-state index in [-0.39, 0.29) is 5.91 Å². The first-order chi connectivity index (χ1) is 12.1. The lowest BCUT2D eigenvalue weighted by Gasteiger charge is -1.99. The summed E-state index contributed by atoms with van der Waals surface area (Å²) in [7, 11) is 0. The zero-order chi connectivity index (χ0) is 17.4. The molecule has 1 N–H and O–H groups in total. The predicted octanol–water partition coefficient (Wildman–Crippen LogP) is 5.98. The maximum Gasteiger partial charge on any atom is 0.269 e. The second-order valence-electron chi connectivity index (χ2n) is 5.09. The highest BCUT2D eigenvalue weighted by Crippen LogP contribution is 2.36. The Morgan fingerprint density at radius 2 is 1.72 bits per heavy atom. The van der Waals surface area contributed by atoms with Crippen molar-refractivity contribution in [3.63, 3.8) is 0 Å². The number of aromatic nitrogens is 2. The lowest BCUT2D eigenvalue weighted by molar-refractivity contribution is 0.103. The quantitative estimate of drug-likeness (QED) is 0.455. The van der Waals surface area contributed by atoms with Crippen LogP contribution in [0.1, 0.15) is 9.67 Å². The minimum atomic E-state index is -0.298. The number of fused-ring (bicyclic) bond motifs is 1. The third-order valence-electron chi connectivity index (χ3n) is 3.49. The summed E-state index contributed by atoms with van der Waals surface area (Å²) in [4.78, 5) is 13.0. The molecule has 0 unspecified atom stereocenters. The summed E-state index contributed by atoms with van der Waals surface area (Å²) in [5, 5.41) is 13.8. The number of thiophene rings is 1. The van der Waals surface area contributed by atoms with Crippen molar-refractivity contribution in [2.75, 3.05) is 5.32 Å². The maximum atomic E-state index is 12.5. The van der Waals surface area contributed by atoms with Gasteiger partial charge in [-0.1, -0.05) is 70.9 Å². The van der Waals surface area contributed by atoms with Crippen LogP contribution in [0.25, 0.3) is 20.7 Å². The summed E-state index contributed by atoms with van der Waals surface area (Å²) in [6, 6.07) is 15.0. The number of halogens is 2. The maximum absolute atomic E-state index is 12.5. The zero-order valence-electron chi connectivity index (χ0n) is 12.5. The Balaban J connectivity index is 1.61. The van der Waals surface area contributed by atoms with Crippen LogP contribution in [0.3, 0.4) is 0 Å². The van der Waals surface area contributed by atoms with E-state index in [4.69, 9.17) is 23.2 Å².